The number of carbonyl (C=O) groups is 1. The summed E-state index contributed by atoms with van der Waals surface area (Å²) >= 11 is 1.20. The highest BCUT2D eigenvalue weighted by Gasteiger charge is 2.18. The number of urea groups is 1. The van der Waals surface area contributed by atoms with Gasteiger partial charge in [-0.05, 0) is 29.5 Å². The molecule has 10 heteroatoms. The number of fused-ring (bicyclic) bond motifs is 1. The standard InChI is InChI=1S/C16H14N4O5S/c1-24-10-4-6-11(13(8-10)25-2)17-15(21)19-16-18-12-5-3-9(20(22)23)7-14(12)26-16/h3-8H,1-2H3,(H2,17,18,19,21)/p+1. The molecule has 3 N–H and O–H groups in total. The van der Waals surface area contributed by atoms with Crippen LogP contribution in [0.3, 0.4) is 0 Å². The molecule has 3 aromatic rings. The minimum absolute atomic E-state index is 0.00767. The summed E-state index contributed by atoms with van der Waals surface area (Å²) in [6.07, 6.45) is 0. The highest BCUT2D eigenvalue weighted by atomic mass is 32.1. The van der Waals surface area contributed by atoms with Crippen molar-refractivity contribution in [3.63, 3.8) is 0 Å². The lowest BCUT2D eigenvalue weighted by Crippen LogP contribution is -2.22. The molecule has 0 unspecified atom stereocenters. The number of rotatable bonds is 5. The summed E-state index contributed by atoms with van der Waals surface area (Å²) in [6.45, 7) is 0. The summed E-state index contributed by atoms with van der Waals surface area (Å²) < 4.78 is 11.0. The van der Waals surface area contributed by atoms with Crippen LogP contribution in [-0.4, -0.2) is 25.2 Å². The van der Waals surface area contributed by atoms with Crippen LogP contribution in [0.4, 0.5) is 21.3 Å². The molecule has 2 aromatic carbocycles. The maximum atomic E-state index is 12.2. The number of hydrogen-bond donors (Lipinski definition) is 2. The Labute approximate surface area is 151 Å². The van der Waals surface area contributed by atoms with Gasteiger partial charge in [0.1, 0.15) is 17.0 Å². The minimum Gasteiger partial charge on any atom is -0.497 e. The Kier molecular flexibility index (Phi) is 4.85. The van der Waals surface area contributed by atoms with Gasteiger partial charge in [-0.25, -0.2) is 9.78 Å². The molecular formula is C16H15N4O5S+. The molecule has 134 valence electrons. The topological polar surface area (TPSA) is 117 Å². The number of carbonyl (C=O) groups excluding carboxylic acids is 1. The summed E-state index contributed by atoms with van der Waals surface area (Å²) in [5.74, 6) is 1.06. The molecule has 0 bridgehead atoms. The number of nitrogens with one attached hydrogen (secondary N) is 3. The van der Waals surface area contributed by atoms with Crippen LogP contribution in [0.5, 0.6) is 11.5 Å². The second kappa shape index (κ2) is 7.23. The number of benzene rings is 2. The predicted octanol–water partition coefficient (Wildman–Crippen LogP) is 3.28. The summed E-state index contributed by atoms with van der Waals surface area (Å²) in [5.41, 5.74) is 1.16. The molecule has 3 rings (SSSR count). The fourth-order valence-electron chi connectivity index (χ4n) is 2.29. The molecule has 1 heterocycles. The average molecular weight is 375 g/mol. The molecule has 2 amide bonds. The van der Waals surface area contributed by atoms with Crippen molar-refractivity contribution in [3.8, 4) is 11.5 Å². The third-order valence-corrected chi connectivity index (χ3v) is 4.49. The number of H-pyrrole nitrogens is 1. The Morgan fingerprint density at radius 1 is 1.15 bits per heavy atom. The number of nitro benzene ring substituents is 1. The Balaban J connectivity index is 1.76. The van der Waals surface area contributed by atoms with E-state index in [4.69, 9.17) is 9.47 Å². The lowest BCUT2D eigenvalue weighted by molar-refractivity contribution is -0.384. The maximum absolute atomic E-state index is 12.2. The molecular weight excluding hydrogens is 360 g/mol. The van der Waals surface area contributed by atoms with Crippen LogP contribution in [0.25, 0.3) is 10.2 Å². The number of non-ortho nitro benzene ring substituents is 1. The first kappa shape index (κ1) is 17.4. The SMILES string of the molecule is COc1ccc(NC(=O)Nc2[nH+]c3ccc([N+](=O)[O-])cc3s2)c(OC)c1. The smallest absolute Gasteiger partial charge is 0.411 e. The predicted molar refractivity (Wildman–Crippen MR) is 97.2 cm³/mol. The quantitative estimate of drug-likeness (QED) is 0.524. The molecule has 0 radical (unpaired) electrons. The summed E-state index contributed by atoms with van der Waals surface area (Å²) in [6, 6.07) is 8.98. The molecule has 0 atom stereocenters. The molecule has 1 aromatic heterocycles. The number of aromatic nitrogens is 1. The zero-order valence-corrected chi connectivity index (χ0v) is 14.7. The van der Waals surface area contributed by atoms with Crippen LogP contribution in [0, 0.1) is 10.1 Å². The largest absolute Gasteiger partial charge is 0.497 e. The number of nitro groups is 1. The van der Waals surface area contributed by atoms with E-state index in [9.17, 15) is 14.9 Å². The van der Waals surface area contributed by atoms with E-state index in [1.54, 1.807) is 24.3 Å². The van der Waals surface area contributed by atoms with Crippen LogP contribution in [-0.2, 0) is 0 Å². The van der Waals surface area contributed by atoms with Crippen LogP contribution in [0.15, 0.2) is 36.4 Å². The van der Waals surface area contributed by atoms with Gasteiger partial charge in [0.05, 0.1) is 29.5 Å². The van der Waals surface area contributed by atoms with Gasteiger partial charge >= 0.3 is 11.2 Å². The molecule has 0 saturated heterocycles. The average Bonchev–Trinajstić information content (AvgIpc) is 3.02. The van der Waals surface area contributed by atoms with Gasteiger partial charge < -0.3 is 9.47 Å². The zero-order valence-electron chi connectivity index (χ0n) is 13.9. The van der Waals surface area contributed by atoms with Gasteiger partial charge in [0.25, 0.3) is 5.69 Å². The van der Waals surface area contributed by atoms with Crippen molar-refractivity contribution in [2.45, 2.75) is 0 Å². The van der Waals surface area contributed by atoms with Crippen molar-refractivity contribution in [1.29, 1.82) is 0 Å². The molecule has 26 heavy (non-hydrogen) atoms. The normalized spacial score (nSPS) is 10.4. The number of ether oxygens (including phenoxy) is 2. The second-order valence-electron chi connectivity index (χ2n) is 5.14. The van der Waals surface area contributed by atoms with Gasteiger partial charge in [0.15, 0.2) is 0 Å². The van der Waals surface area contributed by atoms with Crippen LogP contribution < -0.4 is 25.1 Å². The minimum atomic E-state index is -0.481. The zero-order chi connectivity index (χ0) is 18.7. The number of hydrogen-bond acceptors (Lipinski definition) is 6. The number of anilines is 2. The molecule has 0 aliphatic carbocycles. The van der Waals surface area contributed by atoms with Crippen molar-refractivity contribution < 1.29 is 24.2 Å². The Morgan fingerprint density at radius 3 is 2.65 bits per heavy atom. The van der Waals surface area contributed by atoms with E-state index >= 15 is 0 Å². The van der Waals surface area contributed by atoms with Gasteiger partial charge in [-0.3, -0.25) is 15.4 Å². The monoisotopic (exact) mass is 375 g/mol. The molecule has 0 aliphatic heterocycles. The number of thiazole rings is 1. The lowest BCUT2D eigenvalue weighted by atomic mass is 10.2. The van der Waals surface area contributed by atoms with Gasteiger partial charge in [0.2, 0.25) is 0 Å². The van der Waals surface area contributed by atoms with Gasteiger partial charge in [-0.15, -0.1) is 0 Å². The highest BCUT2D eigenvalue weighted by Crippen LogP contribution is 2.30. The number of aromatic amines is 1. The summed E-state index contributed by atoms with van der Waals surface area (Å²) in [5, 5.41) is 16.6. The van der Waals surface area contributed by atoms with E-state index in [2.05, 4.69) is 15.6 Å². The number of amides is 2. The van der Waals surface area contributed by atoms with Crippen molar-refractivity contribution >= 4 is 44.1 Å². The van der Waals surface area contributed by atoms with Crippen molar-refractivity contribution in [2.75, 3.05) is 24.9 Å². The first-order valence-corrected chi connectivity index (χ1v) is 8.22. The second-order valence-corrected chi connectivity index (χ2v) is 6.19. The van der Waals surface area contributed by atoms with Crippen LogP contribution >= 0.6 is 11.3 Å². The van der Waals surface area contributed by atoms with E-state index in [0.29, 0.717) is 32.5 Å². The van der Waals surface area contributed by atoms with E-state index in [-0.39, 0.29) is 5.69 Å². The summed E-state index contributed by atoms with van der Waals surface area (Å²) in [4.78, 5) is 25.6. The Hall–Kier alpha value is -3.40. The molecule has 0 aliphatic rings. The lowest BCUT2D eigenvalue weighted by Gasteiger charge is -2.09. The number of nitrogens with zero attached hydrogens (tertiary/aromatic N) is 1. The van der Waals surface area contributed by atoms with E-state index in [1.165, 1.54) is 37.7 Å². The molecule has 0 saturated carbocycles. The fourth-order valence-corrected chi connectivity index (χ4v) is 3.22. The van der Waals surface area contributed by atoms with Crippen molar-refractivity contribution in [3.05, 3.63) is 46.5 Å². The van der Waals surface area contributed by atoms with Gasteiger partial charge in [-0.2, -0.15) is 5.32 Å². The molecule has 0 fully saturated rings. The highest BCUT2D eigenvalue weighted by molar-refractivity contribution is 7.21. The molecule has 0 spiro atoms. The van der Waals surface area contributed by atoms with Gasteiger partial charge in [0, 0.05) is 18.2 Å². The van der Waals surface area contributed by atoms with Crippen LogP contribution in [0.1, 0.15) is 0 Å². The Morgan fingerprint density at radius 2 is 1.96 bits per heavy atom. The third kappa shape index (κ3) is 3.64. The maximum Gasteiger partial charge on any atom is 0.411 e. The van der Waals surface area contributed by atoms with E-state index in [1.807, 2.05) is 0 Å². The first-order valence-electron chi connectivity index (χ1n) is 7.40. The fraction of sp³-hybridized carbons (Fsp3) is 0.125. The Bertz CT molecular complexity index is 988. The third-order valence-electron chi connectivity index (χ3n) is 3.52. The molecule has 9 nitrogen and oxygen atoms in total. The first-order chi connectivity index (χ1) is 12.5. The van der Waals surface area contributed by atoms with E-state index < -0.39 is 11.0 Å². The van der Waals surface area contributed by atoms with E-state index in [0.717, 1.165) is 0 Å². The van der Waals surface area contributed by atoms with Gasteiger partial charge in [-0.1, -0.05) is 0 Å². The van der Waals surface area contributed by atoms with Crippen molar-refractivity contribution in [2.24, 2.45) is 0 Å². The summed E-state index contributed by atoms with van der Waals surface area (Å²) in [7, 11) is 3.03. The number of methoxy groups -OCH3 is 2. The van der Waals surface area contributed by atoms with Crippen molar-refractivity contribution in [1.82, 2.24) is 0 Å². The van der Waals surface area contributed by atoms with Crippen LogP contribution in [0.2, 0.25) is 0 Å².